The number of para-hydroxylation sites is 1. The maximum absolute atomic E-state index is 13.2. The predicted molar refractivity (Wildman–Crippen MR) is 206 cm³/mol. The first kappa shape index (κ1) is 42.3. The van der Waals surface area contributed by atoms with E-state index in [1.165, 1.54) is 4.90 Å². The largest absolute Gasteiger partial charge is 0.490 e. The molecule has 2 aromatic carbocycles. The quantitative estimate of drug-likeness (QED) is 0.0605. The standard InChI is InChI=1S/C38H50ClN3O10S2/c1-54(49,50)41-16-4-5-18-42(37(48)36(47)35(46)34(45)32(44)23-43)19-6-20-53-27-11-12-31(39)25(21-27)24-51-38(14-15-38)30-22-40-17-13-28(30)29-7-2-3-8-33(29)52-26-9-10-26/h2-3,7-8,11-13,17,21-22,26,32,34-36,41,43-47H,4-6,9-10,14-16,18-20,23-24H2,1H3/t32-,34+,35-,36-/m0/s1. The average molecular weight is 808 g/mol. The van der Waals surface area contributed by atoms with E-state index in [-0.39, 0.29) is 32.3 Å². The minimum Gasteiger partial charge on any atom is -0.490 e. The van der Waals surface area contributed by atoms with Crippen molar-refractivity contribution in [3.05, 3.63) is 77.1 Å². The molecule has 0 unspecified atom stereocenters. The summed E-state index contributed by atoms with van der Waals surface area (Å²) in [4.78, 5) is 19.9. The van der Waals surface area contributed by atoms with Crippen molar-refractivity contribution in [1.29, 1.82) is 0 Å². The lowest BCUT2D eigenvalue weighted by Gasteiger charge is -2.30. The Morgan fingerprint density at radius 2 is 1.78 bits per heavy atom. The lowest BCUT2D eigenvalue weighted by Crippen LogP contribution is -2.53. The minimum atomic E-state index is -3.37. The van der Waals surface area contributed by atoms with Gasteiger partial charge in [-0.15, -0.1) is 11.8 Å². The van der Waals surface area contributed by atoms with Crippen LogP contribution in [-0.4, -0.2) is 119 Å². The number of benzene rings is 2. The highest BCUT2D eigenvalue weighted by Gasteiger charge is 2.48. The zero-order chi connectivity index (χ0) is 38.9. The van der Waals surface area contributed by atoms with E-state index in [0.29, 0.717) is 30.0 Å². The Hall–Kier alpha value is -2.83. The number of amides is 1. The third-order valence-electron chi connectivity index (χ3n) is 9.41. The van der Waals surface area contributed by atoms with E-state index in [1.807, 2.05) is 48.7 Å². The first-order chi connectivity index (χ1) is 25.8. The number of unbranched alkanes of at least 4 members (excludes halogenated alkanes) is 1. The van der Waals surface area contributed by atoms with Crippen molar-refractivity contribution in [2.45, 2.75) is 92.6 Å². The first-order valence-corrected chi connectivity index (χ1v) is 21.4. The van der Waals surface area contributed by atoms with Crippen LogP contribution >= 0.6 is 23.4 Å². The summed E-state index contributed by atoms with van der Waals surface area (Å²) in [6.07, 6.45) is 2.33. The number of aromatic nitrogens is 1. The van der Waals surface area contributed by atoms with Gasteiger partial charge in [-0.3, -0.25) is 9.78 Å². The van der Waals surface area contributed by atoms with Crippen molar-refractivity contribution < 1.29 is 48.2 Å². The van der Waals surface area contributed by atoms with E-state index >= 15 is 0 Å². The van der Waals surface area contributed by atoms with Crippen molar-refractivity contribution in [3.63, 3.8) is 0 Å². The molecule has 3 aromatic rings. The molecular formula is C38H50ClN3O10S2. The number of halogens is 1. The Bertz CT molecular complexity index is 1810. The van der Waals surface area contributed by atoms with E-state index in [9.17, 15) is 33.6 Å². The number of hydrogen-bond acceptors (Lipinski definition) is 12. The maximum atomic E-state index is 13.2. The van der Waals surface area contributed by atoms with Crippen molar-refractivity contribution in [3.8, 4) is 16.9 Å². The van der Waals surface area contributed by atoms with Gasteiger partial charge >= 0.3 is 0 Å². The predicted octanol–water partition coefficient (Wildman–Crippen LogP) is 3.23. The molecule has 0 spiro atoms. The molecular weight excluding hydrogens is 758 g/mol. The third-order valence-corrected chi connectivity index (χ3v) is 11.6. The Labute approximate surface area is 325 Å². The molecule has 296 valence electrons. The molecule has 0 aliphatic heterocycles. The van der Waals surface area contributed by atoms with Gasteiger partial charge in [0.15, 0.2) is 6.10 Å². The smallest absolute Gasteiger partial charge is 0.254 e. The second-order valence-electron chi connectivity index (χ2n) is 13.8. The van der Waals surface area contributed by atoms with Crippen LogP contribution in [0.15, 0.2) is 65.8 Å². The van der Waals surface area contributed by atoms with Crippen molar-refractivity contribution in [2.24, 2.45) is 0 Å². The monoisotopic (exact) mass is 807 g/mol. The molecule has 2 fully saturated rings. The summed E-state index contributed by atoms with van der Waals surface area (Å²) in [7, 11) is -3.37. The first-order valence-electron chi connectivity index (χ1n) is 18.1. The molecule has 6 N–H and O–H groups in total. The van der Waals surface area contributed by atoms with E-state index < -0.39 is 52.6 Å². The fourth-order valence-corrected chi connectivity index (χ4v) is 7.63. The normalized spacial score (nSPS) is 17.4. The molecule has 5 rings (SSSR count). The van der Waals surface area contributed by atoms with Crippen molar-refractivity contribution in [1.82, 2.24) is 14.6 Å². The van der Waals surface area contributed by atoms with E-state index in [1.54, 1.807) is 18.0 Å². The van der Waals surface area contributed by atoms with Crippen LogP contribution in [0.4, 0.5) is 0 Å². The summed E-state index contributed by atoms with van der Waals surface area (Å²) in [5.41, 5.74) is 3.40. The van der Waals surface area contributed by atoms with E-state index in [0.717, 1.165) is 64.8 Å². The summed E-state index contributed by atoms with van der Waals surface area (Å²) in [6.45, 7) is -0.0695. The van der Waals surface area contributed by atoms with Crippen LogP contribution in [-0.2, 0) is 31.8 Å². The number of rotatable bonds is 23. The van der Waals surface area contributed by atoms with Crippen molar-refractivity contribution in [2.75, 3.05) is 38.2 Å². The molecule has 1 heterocycles. The van der Waals surface area contributed by atoms with Gasteiger partial charge in [0, 0.05) is 53.1 Å². The summed E-state index contributed by atoms with van der Waals surface area (Å²) in [5, 5.41) is 50.3. The van der Waals surface area contributed by atoms with Gasteiger partial charge in [0.25, 0.3) is 5.91 Å². The summed E-state index contributed by atoms with van der Waals surface area (Å²) in [6, 6.07) is 15.8. The Morgan fingerprint density at radius 1 is 1.04 bits per heavy atom. The topological polar surface area (TPSA) is 199 Å². The zero-order valence-corrected chi connectivity index (χ0v) is 32.6. The number of aliphatic hydroxyl groups excluding tert-OH is 5. The van der Waals surface area contributed by atoms with Crippen LogP contribution in [0.5, 0.6) is 5.75 Å². The number of pyridine rings is 1. The van der Waals surface area contributed by atoms with Gasteiger partial charge in [0.1, 0.15) is 24.1 Å². The van der Waals surface area contributed by atoms with Gasteiger partial charge in [-0.1, -0.05) is 29.8 Å². The second-order valence-corrected chi connectivity index (χ2v) is 17.3. The van der Waals surface area contributed by atoms with Crippen LogP contribution in [0.25, 0.3) is 11.1 Å². The second kappa shape index (κ2) is 19.4. The minimum absolute atomic E-state index is 0.152. The van der Waals surface area contributed by atoms with Gasteiger partial charge in [-0.25, -0.2) is 13.1 Å². The maximum Gasteiger partial charge on any atom is 0.254 e. The van der Waals surface area contributed by atoms with Gasteiger partial charge < -0.3 is 39.9 Å². The fourth-order valence-electron chi connectivity index (χ4n) is 6.04. The van der Waals surface area contributed by atoms with Crippen LogP contribution in [0, 0.1) is 0 Å². The van der Waals surface area contributed by atoms with Crippen LogP contribution in [0.1, 0.15) is 56.1 Å². The van der Waals surface area contributed by atoms with E-state index in [4.69, 9.17) is 26.2 Å². The Kier molecular flexibility index (Phi) is 15.2. The molecule has 0 bridgehead atoms. The van der Waals surface area contributed by atoms with Gasteiger partial charge in [0.2, 0.25) is 10.0 Å². The molecule has 54 heavy (non-hydrogen) atoms. The number of hydrogen-bond donors (Lipinski definition) is 6. The number of thioether (sulfide) groups is 1. The summed E-state index contributed by atoms with van der Waals surface area (Å²) < 4.78 is 38.0. The zero-order valence-electron chi connectivity index (χ0n) is 30.2. The molecule has 2 aliphatic carbocycles. The Balaban J connectivity index is 1.19. The van der Waals surface area contributed by atoms with Crippen LogP contribution in [0.3, 0.4) is 0 Å². The lowest BCUT2D eigenvalue weighted by molar-refractivity contribution is -0.158. The van der Waals surface area contributed by atoms with Crippen LogP contribution in [0.2, 0.25) is 5.02 Å². The molecule has 16 heteroatoms. The van der Waals surface area contributed by atoms with Gasteiger partial charge in [-0.05, 0) is 92.2 Å². The van der Waals surface area contributed by atoms with Gasteiger partial charge in [0.05, 0.1) is 31.2 Å². The average Bonchev–Trinajstić information content (AvgIpc) is 4.11. The Morgan fingerprint density at radius 3 is 2.48 bits per heavy atom. The molecule has 2 aliphatic rings. The number of nitrogens with zero attached hydrogens (tertiary/aromatic N) is 2. The molecule has 0 radical (unpaired) electrons. The fraction of sp³-hybridized carbons (Fsp3) is 0.526. The number of carbonyl (C=O) groups is 1. The highest BCUT2D eigenvalue weighted by Crippen LogP contribution is 2.53. The van der Waals surface area contributed by atoms with Gasteiger partial charge in [-0.2, -0.15) is 0 Å². The highest BCUT2D eigenvalue weighted by molar-refractivity contribution is 7.99. The van der Waals surface area contributed by atoms with Crippen molar-refractivity contribution >= 4 is 39.3 Å². The number of nitrogens with one attached hydrogen (secondary N) is 1. The number of sulfonamides is 1. The molecule has 2 saturated carbocycles. The molecule has 13 nitrogen and oxygen atoms in total. The number of ether oxygens (including phenoxy) is 2. The lowest BCUT2D eigenvalue weighted by atomic mass is 9.96. The molecule has 4 atom stereocenters. The summed E-state index contributed by atoms with van der Waals surface area (Å²) >= 11 is 8.19. The SMILES string of the molecule is CS(=O)(=O)NCCCCN(CCCSc1ccc(Cl)c(COC2(c3cnccc3-c3ccccc3OC3CC3)CC2)c1)C(=O)[C@@H](O)[C@@H](O)[C@H](O)[C@@H](O)CO. The molecule has 0 saturated heterocycles. The third kappa shape index (κ3) is 11.8. The summed E-state index contributed by atoms with van der Waals surface area (Å²) in [5.74, 6) is 0.580. The molecule has 1 amide bonds. The number of carbonyl (C=O) groups excluding carboxylic acids is 1. The van der Waals surface area contributed by atoms with E-state index in [2.05, 4.69) is 15.8 Å². The van der Waals surface area contributed by atoms with Crippen LogP contribution < -0.4 is 9.46 Å². The number of aliphatic hydroxyl groups is 5. The highest BCUT2D eigenvalue weighted by atomic mass is 35.5. The molecule has 1 aromatic heterocycles.